The van der Waals surface area contributed by atoms with E-state index in [1.807, 2.05) is 32.0 Å². The molecule has 0 radical (unpaired) electrons. The maximum Gasteiger partial charge on any atom is 0.265 e. The summed E-state index contributed by atoms with van der Waals surface area (Å²) in [7, 11) is -3.75. The van der Waals surface area contributed by atoms with Crippen LogP contribution in [-0.2, 0) is 14.8 Å². The first-order chi connectivity index (χ1) is 14.2. The fourth-order valence-corrected chi connectivity index (χ4v) is 3.72. The fraction of sp³-hybridized carbons (Fsp3) is 0.182. The number of hydrogen-bond donors (Lipinski definition) is 2. The molecule has 1 heterocycles. The number of anilines is 2. The molecule has 1 atom stereocenters. The third-order valence-corrected chi connectivity index (χ3v) is 5.76. The lowest BCUT2D eigenvalue weighted by atomic mass is 10.1. The van der Waals surface area contributed by atoms with E-state index < -0.39 is 16.1 Å². The molecular weight excluding hydrogens is 402 g/mol. The molecule has 0 saturated carbocycles. The minimum Gasteiger partial charge on any atom is -0.481 e. The van der Waals surface area contributed by atoms with Crippen LogP contribution in [0.3, 0.4) is 0 Å². The number of ether oxygens (including phenoxy) is 1. The van der Waals surface area contributed by atoms with E-state index in [1.165, 1.54) is 30.5 Å². The number of carbonyl (C=O) groups excluding carboxylic acids is 1. The van der Waals surface area contributed by atoms with Crippen LogP contribution < -0.4 is 14.8 Å². The second-order valence-corrected chi connectivity index (χ2v) is 8.57. The van der Waals surface area contributed by atoms with Gasteiger partial charge in [-0.1, -0.05) is 12.1 Å². The predicted octanol–water partition coefficient (Wildman–Crippen LogP) is 3.91. The summed E-state index contributed by atoms with van der Waals surface area (Å²) >= 11 is 0. The molecule has 0 bridgehead atoms. The van der Waals surface area contributed by atoms with Crippen LogP contribution in [0.5, 0.6) is 5.75 Å². The third kappa shape index (κ3) is 5.36. The largest absolute Gasteiger partial charge is 0.481 e. The van der Waals surface area contributed by atoms with Gasteiger partial charge in [-0.15, -0.1) is 0 Å². The zero-order chi connectivity index (χ0) is 21.7. The number of sulfonamides is 1. The highest BCUT2D eigenvalue weighted by molar-refractivity contribution is 7.92. The van der Waals surface area contributed by atoms with Crippen LogP contribution in [0.25, 0.3) is 0 Å². The van der Waals surface area contributed by atoms with Crippen LogP contribution in [0, 0.1) is 13.8 Å². The van der Waals surface area contributed by atoms with E-state index >= 15 is 0 Å². The molecule has 2 aromatic carbocycles. The van der Waals surface area contributed by atoms with Gasteiger partial charge in [-0.05, 0) is 74.4 Å². The Bertz CT molecular complexity index is 1130. The van der Waals surface area contributed by atoms with Crippen LogP contribution in [0.4, 0.5) is 11.4 Å². The molecule has 3 aromatic rings. The topological polar surface area (TPSA) is 97.4 Å². The molecule has 0 saturated heterocycles. The summed E-state index contributed by atoms with van der Waals surface area (Å²) in [6.07, 6.45) is 2.25. The molecule has 1 amide bonds. The Hall–Kier alpha value is -3.39. The van der Waals surface area contributed by atoms with Crippen LogP contribution in [0.1, 0.15) is 18.1 Å². The van der Waals surface area contributed by atoms with Gasteiger partial charge in [0.05, 0.1) is 16.8 Å². The van der Waals surface area contributed by atoms with Gasteiger partial charge in [-0.2, -0.15) is 0 Å². The molecule has 0 aliphatic rings. The van der Waals surface area contributed by atoms with Crippen LogP contribution in [-0.4, -0.2) is 25.4 Å². The highest BCUT2D eigenvalue weighted by Crippen LogP contribution is 2.21. The minimum atomic E-state index is -3.75. The number of rotatable bonds is 7. The van der Waals surface area contributed by atoms with Crippen molar-refractivity contribution in [3.63, 3.8) is 0 Å². The SMILES string of the molecule is Cc1ccc(C)c(O[C@@H](C)C(=O)Nc2ccc(S(=O)(=O)Nc3cccnc3)cc2)c1. The van der Waals surface area contributed by atoms with E-state index in [0.717, 1.165) is 11.1 Å². The number of nitrogens with one attached hydrogen (secondary N) is 2. The Balaban J connectivity index is 1.64. The summed E-state index contributed by atoms with van der Waals surface area (Å²) in [4.78, 5) is 16.4. The number of hydrogen-bond acceptors (Lipinski definition) is 5. The molecule has 0 fully saturated rings. The van der Waals surface area contributed by atoms with Crippen molar-refractivity contribution in [1.82, 2.24) is 4.98 Å². The second-order valence-electron chi connectivity index (χ2n) is 6.89. The normalized spacial score (nSPS) is 12.1. The van der Waals surface area contributed by atoms with Gasteiger partial charge >= 0.3 is 0 Å². The monoisotopic (exact) mass is 425 g/mol. The van der Waals surface area contributed by atoms with Crippen LogP contribution in [0.15, 0.2) is 71.9 Å². The van der Waals surface area contributed by atoms with Gasteiger partial charge < -0.3 is 10.1 Å². The Morgan fingerprint density at radius 2 is 1.77 bits per heavy atom. The molecular formula is C22H23N3O4S. The molecule has 8 heteroatoms. The van der Waals surface area contributed by atoms with E-state index in [2.05, 4.69) is 15.0 Å². The minimum absolute atomic E-state index is 0.0732. The Morgan fingerprint density at radius 1 is 1.03 bits per heavy atom. The number of nitrogens with zero attached hydrogens (tertiary/aromatic N) is 1. The maximum atomic E-state index is 12.5. The van der Waals surface area contributed by atoms with Crippen molar-refractivity contribution >= 4 is 27.3 Å². The molecule has 0 spiro atoms. The Morgan fingerprint density at radius 3 is 2.43 bits per heavy atom. The number of carbonyl (C=O) groups is 1. The molecule has 0 aliphatic carbocycles. The van der Waals surface area contributed by atoms with Gasteiger partial charge in [-0.3, -0.25) is 14.5 Å². The summed E-state index contributed by atoms with van der Waals surface area (Å²) in [6, 6.07) is 14.9. The first-order valence-electron chi connectivity index (χ1n) is 9.32. The lowest BCUT2D eigenvalue weighted by molar-refractivity contribution is -0.122. The molecule has 1 aromatic heterocycles. The van der Waals surface area contributed by atoms with E-state index in [-0.39, 0.29) is 10.8 Å². The number of pyridine rings is 1. The molecule has 0 unspecified atom stereocenters. The van der Waals surface area contributed by atoms with Crippen molar-refractivity contribution in [2.45, 2.75) is 31.8 Å². The second kappa shape index (κ2) is 8.96. The fourth-order valence-electron chi connectivity index (χ4n) is 2.68. The van der Waals surface area contributed by atoms with E-state index in [4.69, 9.17) is 4.74 Å². The van der Waals surface area contributed by atoms with Gasteiger partial charge in [0.2, 0.25) is 0 Å². The average Bonchev–Trinajstić information content (AvgIpc) is 2.71. The van der Waals surface area contributed by atoms with Gasteiger partial charge in [0.1, 0.15) is 5.75 Å². The lowest BCUT2D eigenvalue weighted by Gasteiger charge is -2.17. The van der Waals surface area contributed by atoms with Crippen molar-refractivity contribution in [1.29, 1.82) is 0 Å². The van der Waals surface area contributed by atoms with E-state index in [9.17, 15) is 13.2 Å². The Labute approximate surface area is 176 Å². The average molecular weight is 426 g/mol. The van der Waals surface area contributed by atoms with Gasteiger partial charge in [0.25, 0.3) is 15.9 Å². The first-order valence-corrected chi connectivity index (χ1v) is 10.8. The maximum absolute atomic E-state index is 12.5. The number of aryl methyl sites for hydroxylation is 2. The summed E-state index contributed by atoms with van der Waals surface area (Å²) in [5.41, 5.74) is 2.82. The van der Waals surface area contributed by atoms with Crippen LogP contribution >= 0.6 is 0 Å². The van der Waals surface area contributed by atoms with Crippen molar-refractivity contribution in [2.75, 3.05) is 10.0 Å². The predicted molar refractivity (Wildman–Crippen MR) is 116 cm³/mol. The number of benzene rings is 2. The van der Waals surface area contributed by atoms with E-state index in [1.54, 1.807) is 25.3 Å². The molecule has 156 valence electrons. The smallest absolute Gasteiger partial charge is 0.265 e. The van der Waals surface area contributed by atoms with Gasteiger partial charge in [0, 0.05) is 11.9 Å². The molecule has 3 rings (SSSR count). The van der Waals surface area contributed by atoms with Crippen molar-refractivity contribution in [3.05, 3.63) is 78.1 Å². The number of aromatic nitrogens is 1. The van der Waals surface area contributed by atoms with Gasteiger partial charge in [0.15, 0.2) is 6.10 Å². The summed E-state index contributed by atoms with van der Waals surface area (Å²) in [5, 5.41) is 2.74. The summed E-state index contributed by atoms with van der Waals surface area (Å²) in [5.74, 6) is 0.320. The first kappa shape index (κ1) is 21.3. The zero-order valence-corrected chi connectivity index (χ0v) is 17.7. The summed E-state index contributed by atoms with van der Waals surface area (Å²) < 4.78 is 33.2. The van der Waals surface area contributed by atoms with Crippen LogP contribution in [0.2, 0.25) is 0 Å². The van der Waals surface area contributed by atoms with Crippen molar-refractivity contribution in [3.8, 4) is 5.75 Å². The highest BCUT2D eigenvalue weighted by atomic mass is 32.2. The zero-order valence-electron chi connectivity index (χ0n) is 16.9. The quantitative estimate of drug-likeness (QED) is 0.598. The van der Waals surface area contributed by atoms with E-state index in [0.29, 0.717) is 17.1 Å². The lowest BCUT2D eigenvalue weighted by Crippen LogP contribution is -2.30. The standard InChI is InChI=1S/C22H23N3O4S/c1-15-6-7-16(2)21(13-15)29-17(3)22(26)24-18-8-10-20(11-9-18)30(27,28)25-19-5-4-12-23-14-19/h4-14,17,25H,1-3H3,(H,24,26)/t17-/m0/s1. The molecule has 0 aliphatic heterocycles. The molecule has 2 N–H and O–H groups in total. The highest BCUT2D eigenvalue weighted by Gasteiger charge is 2.18. The van der Waals surface area contributed by atoms with Crippen molar-refractivity contribution in [2.24, 2.45) is 0 Å². The molecule has 30 heavy (non-hydrogen) atoms. The van der Waals surface area contributed by atoms with Gasteiger partial charge in [-0.25, -0.2) is 8.42 Å². The van der Waals surface area contributed by atoms with Crippen molar-refractivity contribution < 1.29 is 17.9 Å². The number of amides is 1. The third-order valence-electron chi connectivity index (χ3n) is 4.36. The molecule has 7 nitrogen and oxygen atoms in total. The Kier molecular flexibility index (Phi) is 6.37. The summed E-state index contributed by atoms with van der Waals surface area (Å²) in [6.45, 7) is 5.53.